The predicted octanol–water partition coefficient (Wildman–Crippen LogP) is 1.59. The summed E-state index contributed by atoms with van der Waals surface area (Å²) in [6.07, 6.45) is 6.03. The molecule has 2 atom stereocenters. The van der Waals surface area contributed by atoms with Crippen molar-refractivity contribution in [1.82, 2.24) is 15.3 Å². The Bertz CT molecular complexity index is 334. The van der Waals surface area contributed by atoms with Crippen LogP contribution in [0.4, 0.5) is 5.82 Å². The van der Waals surface area contributed by atoms with Gasteiger partial charge >= 0.3 is 0 Å². The van der Waals surface area contributed by atoms with Gasteiger partial charge in [0.25, 0.3) is 0 Å². The van der Waals surface area contributed by atoms with Crippen LogP contribution in [-0.4, -0.2) is 29.1 Å². The number of nitrogens with one attached hydrogen (secondary N) is 2. The molecule has 2 rings (SSSR count). The van der Waals surface area contributed by atoms with Crippen molar-refractivity contribution in [3.8, 4) is 0 Å². The van der Waals surface area contributed by atoms with Gasteiger partial charge in [-0.1, -0.05) is 0 Å². The number of aryl methyl sites for hydroxylation is 1. The molecule has 0 saturated carbocycles. The average molecular weight is 220 g/mol. The Morgan fingerprint density at radius 1 is 1.44 bits per heavy atom. The zero-order valence-corrected chi connectivity index (χ0v) is 10.0. The molecule has 88 valence electrons. The molecule has 0 radical (unpaired) electrons. The number of piperidine rings is 1. The van der Waals surface area contributed by atoms with Gasteiger partial charge in [-0.15, -0.1) is 0 Å². The van der Waals surface area contributed by atoms with Crippen LogP contribution in [0, 0.1) is 12.8 Å². The molecule has 4 heteroatoms. The number of hydrogen-bond donors (Lipinski definition) is 2. The van der Waals surface area contributed by atoms with Crippen molar-refractivity contribution in [2.45, 2.75) is 32.7 Å². The van der Waals surface area contributed by atoms with Crippen LogP contribution in [0.3, 0.4) is 0 Å². The fourth-order valence-corrected chi connectivity index (χ4v) is 2.19. The summed E-state index contributed by atoms with van der Waals surface area (Å²) in [6, 6.07) is 0.447. The van der Waals surface area contributed by atoms with Gasteiger partial charge in [-0.05, 0) is 45.7 Å². The molecule has 0 aromatic carbocycles. The zero-order chi connectivity index (χ0) is 11.4. The third-order valence-corrected chi connectivity index (χ3v) is 3.29. The summed E-state index contributed by atoms with van der Waals surface area (Å²) in [7, 11) is 0. The van der Waals surface area contributed by atoms with E-state index in [1.807, 2.05) is 6.92 Å². The molecule has 1 aliphatic heterocycles. The van der Waals surface area contributed by atoms with E-state index in [0.717, 1.165) is 24.6 Å². The maximum absolute atomic E-state index is 4.32. The van der Waals surface area contributed by atoms with Gasteiger partial charge in [0, 0.05) is 18.4 Å². The minimum absolute atomic E-state index is 0.447. The van der Waals surface area contributed by atoms with Gasteiger partial charge in [0.2, 0.25) is 0 Å². The van der Waals surface area contributed by atoms with Crippen LogP contribution in [0.1, 0.15) is 25.5 Å². The molecule has 0 amide bonds. The third-order valence-electron chi connectivity index (χ3n) is 3.29. The molecule has 0 aliphatic carbocycles. The van der Waals surface area contributed by atoms with E-state index in [4.69, 9.17) is 0 Å². The lowest BCUT2D eigenvalue weighted by Crippen LogP contribution is -2.39. The molecule has 2 heterocycles. The maximum atomic E-state index is 4.32. The Morgan fingerprint density at radius 2 is 2.25 bits per heavy atom. The zero-order valence-electron chi connectivity index (χ0n) is 10.0. The second-order valence-corrected chi connectivity index (χ2v) is 4.53. The lowest BCUT2D eigenvalue weighted by Gasteiger charge is -2.29. The number of nitrogens with zero attached hydrogens (tertiary/aromatic N) is 2. The standard InChI is InChI=1S/C12H20N4/c1-9(11-4-3-5-13-8-11)16-12-10(2)14-6-7-15-12/h6-7,9,11,13H,3-5,8H2,1-2H3,(H,15,16). The molecule has 1 saturated heterocycles. The average Bonchev–Trinajstić information content (AvgIpc) is 2.33. The first-order valence-corrected chi connectivity index (χ1v) is 6.02. The van der Waals surface area contributed by atoms with Crippen LogP contribution >= 0.6 is 0 Å². The highest BCUT2D eigenvalue weighted by Crippen LogP contribution is 2.18. The van der Waals surface area contributed by atoms with Crippen molar-refractivity contribution in [1.29, 1.82) is 0 Å². The summed E-state index contributed by atoms with van der Waals surface area (Å²) in [5, 5.41) is 6.91. The van der Waals surface area contributed by atoms with Crippen molar-refractivity contribution < 1.29 is 0 Å². The fraction of sp³-hybridized carbons (Fsp3) is 0.667. The molecule has 1 fully saturated rings. The largest absolute Gasteiger partial charge is 0.366 e. The van der Waals surface area contributed by atoms with Gasteiger partial charge in [-0.25, -0.2) is 4.98 Å². The second kappa shape index (κ2) is 5.25. The summed E-state index contributed by atoms with van der Waals surface area (Å²) in [4.78, 5) is 8.56. The molecule has 2 N–H and O–H groups in total. The SMILES string of the molecule is Cc1nccnc1NC(C)C1CCCNC1. The van der Waals surface area contributed by atoms with E-state index in [1.165, 1.54) is 12.8 Å². The van der Waals surface area contributed by atoms with Crippen LogP contribution in [0.2, 0.25) is 0 Å². The van der Waals surface area contributed by atoms with Gasteiger partial charge in [0.1, 0.15) is 5.82 Å². The van der Waals surface area contributed by atoms with Gasteiger partial charge < -0.3 is 10.6 Å². The van der Waals surface area contributed by atoms with Crippen molar-refractivity contribution in [3.63, 3.8) is 0 Å². The van der Waals surface area contributed by atoms with E-state index < -0.39 is 0 Å². The molecular weight excluding hydrogens is 200 g/mol. The van der Waals surface area contributed by atoms with E-state index in [2.05, 4.69) is 27.5 Å². The molecule has 1 aromatic rings. The van der Waals surface area contributed by atoms with Gasteiger partial charge in [-0.3, -0.25) is 4.98 Å². The van der Waals surface area contributed by atoms with E-state index in [0.29, 0.717) is 12.0 Å². The first-order valence-electron chi connectivity index (χ1n) is 6.02. The third kappa shape index (κ3) is 2.70. The molecule has 0 spiro atoms. The number of anilines is 1. The Hall–Kier alpha value is -1.16. The monoisotopic (exact) mass is 220 g/mol. The summed E-state index contributed by atoms with van der Waals surface area (Å²) >= 11 is 0. The van der Waals surface area contributed by atoms with Crippen LogP contribution in [0.25, 0.3) is 0 Å². The Labute approximate surface area is 96.9 Å². The number of aromatic nitrogens is 2. The summed E-state index contributed by atoms with van der Waals surface area (Å²) in [5.41, 5.74) is 0.970. The summed E-state index contributed by atoms with van der Waals surface area (Å²) in [5.74, 6) is 1.61. The highest BCUT2D eigenvalue weighted by molar-refractivity contribution is 5.39. The predicted molar refractivity (Wildman–Crippen MR) is 65.4 cm³/mol. The van der Waals surface area contributed by atoms with Crippen LogP contribution < -0.4 is 10.6 Å². The highest BCUT2D eigenvalue weighted by Gasteiger charge is 2.20. The fourth-order valence-electron chi connectivity index (χ4n) is 2.19. The molecule has 2 unspecified atom stereocenters. The number of hydrogen-bond acceptors (Lipinski definition) is 4. The molecule has 16 heavy (non-hydrogen) atoms. The quantitative estimate of drug-likeness (QED) is 0.812. The topological polar surface area (TPSA) is 49.8 Å². The minimum Gasteiger partial charge on any atom is -0.366 e. The van der Waals surface area contributed by atoms with E-state index in [9.17, 15) is 0 Å². The Balaban J connectivity index is 1.96. The minimum atomic E-state index is 0.447. The van der Waals surface area contributed by atoms with Crippen molar-refractivity contribution >= 4 is 5.82 Å². The van der Waals surface area contributed by atoms with E-state index in [1.54, 1.807) is 12.4 Å². The van der Waals surface area contributed by atoms with Crippen LogP contribution in [-0.2, 0) is 0 Å². The summed E-state index contributed by atoms with van der Waals surface area (Å²) < 4.78 is 0. The Kier molecular flexibility index (Phi) is 3.72. The lowest BCUT2D eigenvalue weighted by molar-refractivity contribution is 0.346. The van der Waals surface area contributed by atoms with Gasteiger partial charge in [0.15, 0.2) is 0 Å². The lowest BCUT2D eigenvalue weighted by atomic mass is 9.93. The Morgan fingerprint density at radius 3 is 2.94 bits per heavy atom. The molecule has 1 aliphatic rings. The normalized spacial score (nSPS) is 22.8. The van der Waals surface area contributed by atoms with Gasteiger partial charge in [0.05, 0.1) is 5.69 Å². The first-order chi connectivity index (χ1) is 7.77. The second-order valence-electron chi connectivity index (χ2n) is 4.53. The van der Waals surface area contributed by atoms with Crippen molar-refractivity contribution in [3.05, 3.63) is 18.1 Å². The van der Waals surface area contributed by atoms with Crippen molar-refractivity contribution in [2.24, 2.45) is 5.92 Å². The van der Waals surface area contributed by atoms with Crippen LogP contribution in [0.15, 0.2) is 12.4 Å². The molecular formula is C12H20N4. The molecule has 0 bridgehead atoms. The number of rotatable bonds is 3. The molecule has 4 nitrogen and oxygen atoms in total. The molecule has 1 aromatic heterocycles. The van der Waals surface area contributed by atoms with Gasteiger partial charge in [-0.2, -0.15) is 0 Å². The van der Waals surface area contributed by atoms with E-state index >= 15 is 0 Å². The summed E-state index contributed by atoms with van der Waals surface area (Å²) in [6.45, 7) is 6.48. The smallest absolute Gasteiger partial charge is 0.147 e. The highest BCUT2D eigenvalue weighted by atomic mass is 15.0. The maximum Gasteiger partial charge on any atom is 0.147 e. The van der Waals surface area contributed by atoms with Crippen LogP contribution in [0.5, 0.6) is 0 Å². The first kappa shape index (κ1) is 11.3. The van der Waals surface area contributed by atoms with Crippen molar-refractivity contribution in [2.75, 3.05) is 18.4 Å². The van der Waals surface area contributed by atoms with E-state index in [-0.39, 0.29) is 0 Å².